The van der Waals surface area contributed by atoms with Crippen LogP contribution in [0.25, 0.3) is 0 Å². The first-order chi connectivity index (χ1) is 6.75. The summed E-state index contributed by atoms with van der Waals surface area (Å²) in [6.07, 6.45) is 0. The van der Waals surface area contributed by atoms with Gasteiger partial charge >= 0.3 is 0 Å². The van der Waals surface area contributed by atoms with Crippen LogP contribution in [0.4, 0.5) is 0 Å². The van der Waals surface area contributed by atoms with Crippen LogP contribution in [-0.2, 0) is 0 Å². The number of halogens is 1. The lowest BCUT2D eigenvalue weighted by molar-refractivity contribution is 0.409. The molecule has 0 aliphatic carbocycles. The second-order valence-electron chi connectivity index (χ2n) is 2.51. The maximum absolute atomic E-state index is 9.42. The van der Waals surface area contributed by atoms with Crippen LogP contribution in [0.2, 0.25) is 0 Å². The summed E-state index contributed by atoms with van der Waals surface area (Å²) in [7, 11) is 0. The lowest BCUT2D eigenvalue weighted by Gasteiger charge is -2.02. The summed E-state index contributed by atoms with van der Waals surface area (Å²) < 4.78 is 6.09. The van der Waals surface area contributed by atoms with Gasteiger partial charge in [0.25, 0.3) is 5.19 Å². The molecule has 1 N–H and O–H groups in total. The van der Waals surface area contributed by atoms with Crippen LogP contribution in [0.5, 0.6) is 16.7 Å². The fourth-order valence-corrected chi connectivity index (χ4v) is 2.02. The molecule has 5 heteroatoms. The number of ether oxygens (including phenoxy) is 1. The van der Waals surface area contributed by atoms with Crippen LogP contribution < -0.4 is 4.74 Å². The van der Waals surface area contributed by atoms with E-state index >= 15 is 0 Å². The summed E-state index contributed by atoms with van der Waals surface area (Å²) >= 11 is 4.58. The fourth-order valence-electron chi connectivity index (χ4n) is 0.923. The van der Waals surface area contributed by atoms with Gasteiger partial charge in [0, 0.05) is 5.38 Å². The van der Waals surface area contributed by atoms with E-state index in [0.717, 1.165) is 4.60 Å². The summed E-state index contributed by atoms with van der Waals surface area (Å²) in [4.78, 5) is 4.05. The monoisotopic (exact) mass is 271 g/mol. The van der Waals surface area contributed by atoms with E-state index in [4.69, 9.17) is 4.74 Å². The van der Waals surface area contributed by atoms with Gasteiger partial charge in [-0.3, -0.25) is 0 Å². The van der Waals surface area contributed by atoms with E-state index in [1.165, 1.54) is 11.3 Å². The lowest BCUT2D eigenvalue weighted by atomic mass is 10.3. The maximum atomic E-state index is 9.42. The Balaban J connectivity index is 2.23. The zero-order valence-electron chi connectivity index (χ0n) is 6.98. The van der Waals surface area contributed by atoms with E-state index in [0.29, 0.717) is 10.9 Å². The average Bonchev–Trinajstić information content (AvgIpc) is 2.56. The van der Waals surface area contributed by atoms with Crippen LogP contribution in [0, 0.1) is 0 Å². The minimum absolute atomic E-state index is 0.110. The number of hydrogen-bond donors (Lipinski definition) is 1. The molecule has 0 saturated carbocycles. The van der Waals surface area contributed by atoms with Crippen molar-refractivity contribution in [3.05, 3.63) is 34.2 Å². The summed E-state index contributed by atoms with van der Waals surface area (Å²) in [6, 6.07) is 6.78. The van der Waals surface area contributed by atoms with Gasteiger partial charge in [-0.1, -0.05) is 23.5 Å². The van der Waals surface area contributed by atoms with Crippen LogP contribution >= 0.6 is 27.3 Å². The van der Waals surface area contributed by atoms with E-state index in [2.05, 4.69) is 20.9 Å². The standard InChI is InChI=1S/C9H6BrNO2S/c10-8-5-14-9(11-8)13-7-4-2-1-3-6(7)12/h1-5,12H. The molecule has 0 saturated heterocycles. The number of para-hydroxylation sites is 2. The molecule has 72 valence electrons. The van der Waals surface area contributed by atoms with Crippen LogP contribution in [0.3, 0.4) is 0 Å². The van der Waals surface area contributed by atoms with Gasteiger partial charge in [0.1, 0.15) is 4.60 Å². The summed E-state index contributed by atoms with van der Waals surface area (Å²) in [6.45, 7) is 0. The quantitative estimate of drug-likeness (QED) is 0.911. The van der Waals surface area contributed by atoms with E-state index < -0.39 is 0 Å². The summed E-state index contributed by atoms with van der Waals surface area (Å²) in [5.41, 5.74) is 0. The second-order valence-corrected chi connectivity index (χ2v) is 4.14. The molecule has 0 fully saturated rings. The Bertz CT molecular complexity index is 444. The average molecular weight is 272 g/mol. The highest BCUT2D eigenvalue weighted by Crippen LogP contribution is 2.32. The van der Waals surface area contributed by atoms with Gasteiger partial charge < -0.3 is 9.84 Å². The molecular formula is C9H6BrNO2S. The second kappa shape index (κ2) is 3.98. The predicted molar refractivity (Wildman–Crippen MR) is 58.0 cm³/mol. The third-order valence-electron chi connectivity index (χ3n) is 1.52. The van der Waals surface area contributed by atoms with Gasteiger partial charge in [-0.15, -0.1) is 0 Å². The fraction of sp³-hybridized carbons (Fsp3) is 0. The van der Waals surface area contributed by atoms with Crippen molar-refractivity contribution >= 4 is 27.3 Å². The number of aromatic hydroxyl groups is 1. The maximum Gasteiger partial charge on any atom is 0.279 e. The minimum Gasteiger partial charge on any atom is -0.504 e. The Hall–Kier alpha value is -1.07. The normalized spacial score (nSPS) is 10.1. The number of phenolic OH excluding ortho intramolecular Hbond substituents is 1. The van der Waals surface area contributed by atoms with Crippen LogP contribution in [0.15, 0.2) is 34.2 Å². The molecule has 0 aliphatic rings. The molecule has 1 aromatic carbocycles. The smallest absolute Gasteiger partial charge is 0.279 e. The molecule has 1 heterocycles. The molecule has 0 spiro atoms. The van der Waals surface area contributed by atoms with Crippen molar-refractivity contribution in [2.24, 2.45) is 0 Å². The zero-order chi connectivity index (χ0) is 9.97. The zero-order valence-corrected chi connectivity index (χ0v) is 9.38. The molecule has 0 radical (unpaired) electrons. The number of rotatable bonds is 2. The molecule has 0 bridgehead atoms. The first-order valence-electron chi connectivity index (χ1n) is 3.82. The number of aromatic nitrogens is 1. The molecule has 0 unspecified atom stereocenters. The molecule has 2 rings (SSSR count). The number of benzene rings is 1. The molecule has 3 nitrogen and oxygen atoms in total. The first kappa shape index (κ1) is 9.48. The Morgan fingerprint density at radius 3 is 2.79 bits per heavy atom. The Morgan fingerprint density at radius 1 is 1.36 bits per heavy atom. The molecule has 0 amide bonds. The number of thiazole rings is 1. The number of nitrogens with zero attached hydrogens (tertiary/aromatic N) is 1. The molecular weight excluding hydrogens is 266 g/mol. The molecule has 2 aromatic rings. The highest BCUT2D eigenvalue weighted by Gasteiger charge is 2.05. The third-order valence-corrected chi connectivity index (χ3v) is 2.94. The van der Waals surface area contributed by atoms with Gasteiger partial charge in [-0.2, -0.15) is 4.98 Å². The van der Waals surface area contributed by atoms with Gasteiger partial charge in [-0.05, 0) is 28.1 Å². The number of hydrogen-bond acceptors (Lipinski definition) is 4. The van der Waals surface area contributed by atoms with Crippen molar-refractivity contribution in [3.8, 4) is 16.7 Å². The largest absolute Gasteiger partial charge is 0.504 e. The predicted octanol–water partition coefficient (Wildman–Crippen LogP) is 3.40. The van der Waals surface area contributed by atoms with Gasteiger partial charge in [0.05, 0.1) is 0 Å². The molecule has 0 atom stereocenters. The van der Waals surface area contributed by atoms with Crippen molar-refractivity contribution in [2.75, 3.05) is 0 Å². The molecule has 14 heavy (non-hydrogen) atoms. The van der Waals surface area contributed by atoms with Crippen molar-refractivity contribution in [1.29, 1.82) is 0 Å². The van der Waals surface area contributed by atoms with E-state index in [-0.39, 0.29) is 5.75 Å². The Labute approximate surface area is 93.1 Å². The van der Waals surface area contributed by atoms with Crippen molar-refractivity contribution < 1.29 is 9.84 Å². The van der Waals surface area contributed by atoms with Crippen molar-refractivity contribution in [3.63, 3.8) is 0 Å². The highest BCUT2D eigenvalue weighted by molar-refractivity contribution is 9.10. The van der Waals surface area contributed by atoms with Crippen LogP contribution in [-0.4, -0.2) is 10.1 Å². The van der Waals surface area contributed by atoms with Crippen molar-refractivity contribution in [1.82, 2.24) is 4.98 Å². The molecule has 0 aliphatic heterocycles. The highest BCUT2D eigenvalue weighted by atomic mass is 79.9. The SMILES string of the molecule is Oc1ccccc1Oc1nc(Br)cs1. The topological polar surface area (TPSA) is 42.4 Å². The van der Waals surface area contributed by atoms with Gasteiger partial charge in [0.15, 0.2) is 11.5 Å². The van der Waals surface area contributed by atoms with E-state index in [9.17, 15) is 5.11 Å². The Kier molecular flexibility index (Phi) is 2.69. The lowest BCUT2D eigenvalue weighted by Crippen LogP contribution is -1.82. The number of phenols is 1. The summed E-state index contributed by atoms with van der Waals surface area (Å²) in [5, 5.41) is 11.7. The molecule has 1 aromatic heterocycles. The third kappa shape index (κ3) is 2.05. The van der Waals surface area contributed by atoms with Crippen LogP contribution in [0.1, 0.15) is 0 Å². The Morgan fingerprint density at radius 2 is 2.14 bits per heavy atom. The van der Waals surface area contributed by atoms with E-state index in [1.54, 1.807) is 24.3 Å². The first-order valence-corrected chi connectivity index (χ1v) is 5.50. The minimum atomic E-state index is 0.110. The van der Waals surface area contributed by atoms with E-state index in [1.807, 2.05) is 5.38 Å². The van der Waals surface area contributed by atoms with Gasteiger partial charge in [0.2, 0.25) is 0 Å². The van der Waals surface area contributed by atoms with Gasteiger partial charge in [-0.25, -0.2) is 0 Å². The summed E-state index contributed by atoms with van der Waals surface area (Å²) in [5.74, 6) is 0.521. The van der Waals surface area contributed by atoms with Crippen molar-refractivity contribution in [2.45, 2.75) is 0 Å².